The Morgan fingerprint density at radius 3 is 2.82 bits per heavy atom. The molecule has 1 atom stereocenters. The van der Waals surface area contributed by atoms with Crippen LogP contribution in [-0.4, -0.2) is 11.5 Å². The lowest BCUT2D eigenvalue weighted by atomic mass is 10.1. The van der Waals surface area contributed by atoms with Gasteiger partial charge in [0, 0.05) is 11.0 Å². The minimum Gasteiger partial charge on any atom is -0.440 e. The first kappa shape index (κ1) is 12.7. The Kier molecular flexibility index (Phi) is 4.25. The van der Waals surface area contributed by atoms with Crippen LogP contribution in [0.3, 0.4) is 0 Å². The minimum atomic E-state index is 0.142. The summed E-state index contributed by atoms with van der Waals surface area (Å²) in [6.07, 6.45) is 1.65. The molecule has 0 bridgehead atoms. The van der Waals surface area contributed by atoms with Gasteiger partial charge in [-0.05, 0) is 18.6 Å². The summed E-state index contributed by atoms with van der Waals surface area (Å²) in [6, 6.07) is 8.06. The number of halogens is 1. The van der Waals surface area contributed by atoms with E-state index in [1.54, 1.807) is 18.0 Å². The maximum absolute atomic E-state index is 5.82. The van der Waals surface area contributed by atoms with E-state index in [1.807, 2.05) is 25.1 Å². The van der Waals surface area contributed by atoms with Crippen molar-refractivity contribution in [3.8, 4) is 0 Å². The minimum absolute atomic E-state index is 0.142. The molecule has 0 aliphatic rings. The summed E-state index contributed by atoms with van der Waals surface area (Å²) in [5.74, 6) is 0. The Labute approximate surface area is 113 Å². The number of hydrogen-bond donors (Lipinski definition) is 1. The molecule has 1 aromatic heterocycles. The molecule has 0 spiro atoms. The molecule has 1 aromatic carbocycles. The Morgan fingerprint density at radius 1 is 1.47 bits per heavy atom. The van der Waals surface area contributed by atoms with E-state index in [-0.39, 0.29) is 5.25 Å². The largest absolute Gasteiger partial charge is 0.440 e. The molecule has 2 rings (SSSR count). The van der Waals surface area contributed by atoms with E-state index in [0.717, 1.165) is 15.7 Å². The molecule has 17 heavy (non-hydrogen) atoms. The highest BCUT2D eigenvalue weighted by Crippen LogP contribution is 2.37. The summed E-state index contributed by atoms with van der Waals surface area (Å²) in [5, 5.41) is 0.803. The number of oxazole rings is 1. The number of aromatic nitrogens is 1. The molecule has 5 heteroatoms. The molecule has 2 N–H and O–H groups in total. The van der Waals surface area contributed by atoms with Gasteiger partial charge in [-0.1, -0.05) is 45.9 Å². The molecule has 0 fully saturated rings. The molecule has 1 unspecified atom stereocenters. The van der Waals surface area contributed by atoms with Crippen molar-refractivity contribution in [2.45, 2.75) is 17.4 Å². The third-order valence-electron chi connectivity index (χ3n) is 2.31. The normalized spacial score (nSPS) is 12.6. The highest BCUT2D eigenvalue weighted by atomic mass is 79.9. The van der Waals surface area contributed by atoms with Gasteiger partial charge in [-0.25, -0.2) is 4.98 Å². The molecule has 2 aromatic rings. The number of rotatable bonds is 4. The molecule has 0 saturated heterocycles. The smallest absolute Gasteiger partial charge is 0.256 e. The van der Waals surface area contributed by atoms with Crippen LogP contribution in [0.5, 0.6) is 0 Å². The van der Waals surface area contributed by atoms with Crippen LogP contribution in [-0.2, 0) is 0 Å². The van der Waals surface area contributed by atoms with Crippen molar-refractivity contribution in [1.82, 2.24) is 4.98 Å². The average molecular weight is 313 g/mol. The highest BCUT2D eigenvalue weighted by Gasteiger charge is 2.16. The van der Waals surface area contributed by atoms with Crippen LogP contribution in [0.2, 0.25) is 0 Å². The maximum atomic E-state index is 5.82. The Morgan fingerprint density at radius 2 is 2.24 bits per heavy atom. The van der Waals surface area contributed by atoms with Crippen LogP contribution < -0.4 is 5.73 Å². The number of nitrogens with two attached hydrogens (primary N) is 1. The molecule has 1 heterocycles. The summed E-state index contributed by atoms with van der Waals surface area (Å²) in [7, 11) is 0. The maximum Gasteiger partial charge on any atom is 0.256 e. The molecular formula is C12H13BrN2OS. The fraction of sp³-hybridized carbons (Fsp3) is 0.250. The van der Waals surface area contributed by atoms with Crippen LogP contribution in [0.1, 0.15) is 16.5 Å². The third-order valence-corrected chi connectivity index (χ3v) is 4.15. The van der Waals surface area contributed by atoms with Crippen molar-refractivity contribution < 1.29 is 4.42 Å². The SMILES string of the molecule is Cc1coc(SC(CN)c2ccccc2Br)n1. The fourth-order valence-electron chi connectivity index (χ4n) is 1.48. The third kappa shape index (κ3) is 3.12. The number of hydrogen-bond acceptors (Lipinski definition) is 4. The zero-order valence-corrected chi connectivity index (χ0v) is 11.8. The summed E-state index contributed by atoms with van der Waals surface area (Å²) in [4.78, 5) is 4.28. The molecule has 0 amide bonds. The zero-order chi connectivity index (χ0) is 12.3. The van der Waals surface area contributed by atoms with E-state index >= 15 is 0 Å². The second-order valence-corrected chi connectivity index (χ2v) is 5.63. The first-order valence-corrected chi connectivity index (χ1v) is 6.91. The van der Waals surface area contributed by atoms with E-state index < -0.39 is 0 Å². The van der Waals surface area contributed by atoms with Crippen molar-refractivity contribution in [3.05, 3.63) is 46.3 Å². The van der Waals surface area contributed by atoms with Gasteiger partial charge in [-0.2, -0.15) is 0 Å². The van der Waals surface area contributed by atoms with Crippen molar-refractivity contribution in [2.75, 3.05) is 6.54 Å². The first-order valence-electron chi connectivity index (χ1n) is 5.24. The van der Waals surface area contributed by atoms with E-state index in [4.69, 9.17) is 10.2 Å². The molecule has 0 aliphatic heterocycles. The number of nitrogens with zero attached hydrogens (tertiary/aromatic N) is 1. The lowest BCUT2D eigenvalue weighted by Gasteiger charge is -2.14. The molecule has 90 valence electrons. The average Bonchev–Trinajstić information content (AvgIpc) is 2.73. The van der Waals surface area contributed by atoms with Gasteiger partial charge < -0.3 is 10.2 Å². The van der Waals surface area contributed by atoms with Crippen LogP contribution in [0.15, 0.2) is 44.6 Å². The summed E-state index contributed by atoms with van der Waals surface area (Å²) < 4.78 is 6.40. The van der Waals surface area contributed by atoms with E-state index in [1.165, 1.54) is 0 Å². The Bertz CT molecular complexity index is 501. The lowest BCUT2D eigenvalue weighted by Crippen LogP contribution is -2.09. The van der Waals surface area contributed by atoms with Gasteiger partial charge in [-0.3, -0.25) is 0 Å². The Balaban J connectivity index is 2.20. The van der Waals surface area contributed by atoms with Crippen LogP contribution in [0, 0.1) is 6.92 Å². The topological polar surface area (TPSA) is 52.0 Å². The predicted octanol–water partition coefficient (Wildman–Crippen LogP) is 3.54. The van der Waals surface area contributed by atoms with Gasteiger partial charge in [0.25, 0.3) is 5.22 Å². The van der Waals surface area contributed by atoms with Gasteiger partial charge >= 0.3 is 0 Å². The standard InChI is InChI=1S/C12H13BrN2OS/c1-8-7-16-12(15-8)17-11(6-14)9-4-2-3-5-10(9)13/h2-5,7,11H,6,14H2,1H3. The number of aryl methyl sites for hydroxylation is 1. The van der Waals surface area contributed by atoms with Crippen molar-refractivity contribution >= 4 is 27.7 Å². The van der Waals surface area contributed by atoms with E-state index in [2.05, 4.69) is 27.0 Å². The molecule has 3 nitrogen and oxygen atoms in total. The van der Waals surface area contributed by atoms with Crippen LogP contribution in [0.4, 0.5) is 0 Å². The highest BCUT2D eigenvalue weighted by molar-refractivity contribution is 9.10. The molecule has 0 aliphatic carbocycles. The molecular weight excluding hydrogens is 300 g/mol. The van der Waals surface area contributed by atoms with E-state index in [9.17, 15) is 0 Å². The van der Waals surface area contributed by atoms with Gasteiger partial charge in [0.05, 0.1) is 10.9 Å². The monoisotopic (exact) mass is 312 g/mol. The van der Waals surface area contributed by atoms with Gasteiger partial charge in [0.2, 0.25) is 0 Å². The molecule has 0 saturated carbocycles. The van der Waals surface area contributed by atoms with Gasteiger partial charge in [0.1, 0.15) is 6.26 Å². The quantitative estimate of drug-likeness (QED) is 0.877. The van der Waals surface area contributed by atoms with E-state index in [0.29, 0.717) is 11.8 Å². The zero-order valence-electron chi connectivity index (χ0n) is 9.39. The van der Waals surface area contributed by atoms with Crippen molar-refractivity contribution in [1.29, 1.82) is 0 Å². The second-order valence-electron chi connectivity index (χ2n) is 3.62. The number of thioether (sulfide) groups is 1. The first-order chi connectivity index (χ1) is 8.20. The van der Waals surface area contributed by atoms with Gasteiger partial charge in [-0.15, -0.1) is 0 Å². The Hall–Kier alpha value is -0.780. The summed E-state index contributed by atoms with van der Waals surface area (Å²) >= 11 is 5.08. The lowest BCUT2D eigenvalue weighted by molar-refractivity contribution is 0.453. The van der Waals surface area contributed by atoms with Crippen LogP contribution >= 0.6 is 27.7 Å². The van der Waals surface area contributed by atoms with Crippen LogP contribution in [0.25, 0.3) is 0 Å². The van der Waals surface area contributed by atoms with Crippen molar-refractivity contribution in [3.63, 3.8) is 0 Å². The summed E-state index contributed by atoms with van der Waals surface area (Å²) in [5.41, 5.74) is 7.86. The second kappa shape index (κ2) is 5.71. The fourth-order valence-corrected chi connectivity index (χ4v) is 3.17. The molecule has 0 radical (unpaired) electrons. The number of benzene rings is 1. The summed E-state index contributed by atoms with van der Waals surface area (Å²) in [6.45, 7) is 2.44. The van der Waals surface area contributed by atoms with Crippen molar-refractivity contribution in [2.24, 2.45) is 5.73 Å². The predicted molar refractivity (Wildman–Crippen MR) is 73.0 cm³/mol. The van der Waals surface area contributed by atoms with Gasteiger partial charge in [0.15, 0.2) is 0 Å².